The summed E-state index contributed by atoms with van der Waals surface area (Å²) in [5, 5.41) is 0. The van der Waals surface area contributed by atoms with E-state index in [2.05, 4.69) is 0 Å². The van der Waals surface area contributed by atoms with Crippen LogP contribution in [0.25, 0.3) is 0 Å². The van der Waals surface area contributed by atoms with E-state index < -0.39 is 15.6 Å². The van der Waals surface area contributed by atoms with Gasteiger partial charge in [0.1, 0.15) is 0 Å². The zero-order chi connectivity index (χ0) is 2.71. The van der Waals surface area contributed by atoms with Crippen molar-refractivity contribution in [3.8, 4) is 0 Å². The monoisotopic (exact) mass is 100.0 g/mol. The minimum atomic E-state index is -2.00. The van der Waals surface area contributed by atoms with Gasteiger partial charge >= 0.3 is 52.5 Å². The molecule has 0 aliphatic carbocycles. The molecule has 0 unspecified atom stereocenters. The van der Waals surface area contributed by atoms with E-state index in [4.69, 9.17) is 3.80 Å². The van der Waals surface area contributed by atoms with Crippen LogP contribution in [-0.4, -0.2) is 45.2 Å². The van der Waals surface area contributed by atoms with Crippen molar-refractivity contribution in [2.45, 2.75) is 0 Å². The first kappa shape index (κ1) is 16.3. The molecule has 0 bridgehead atoms. The Hall–Kier alpha value is 1.22. The van der Waals surface area contributed by atoms with Crippen molar-refractivity contribution >= 4 is 45.2 Å². The Kier molecular flexibility index (Phi) is 61.6. The molecule has 0 heterocycles. The Labute approximate surface area is 58.4 Å². The molecule has 23 valence electrons. The van der Waals surface area contributed by atoms with Gasteiger partial charge in [-0.25, -0.2) is 0 Å². The maximum atomic E-state index is 9.82. The van der Waals surface area contributed by atoms with E-state index in [1.165, 1.54) is 0 Å². The van der Waals surface area contributed by atoms with Crippen LogP contribution in [0.2, 0.25) is 0 Å². The number of nitrogens with zero attached hydrogens (tertiary/aromatic N) is 1. The predicted molar refractivity (Wildman–Crippen MR) is 16.8 cm³/mol. The first-order valence-corrected chi connectivity index (χ1v) is 1.36. The second kappa shape index (κ2) is 18.9. The maximum absolute atomic E-state index is 9.82. The van der Waals surface area contributed by atoms with Crippen molar-refractivity contribution in [2.24, 2.45) is 0 Å². The van der Waals surface area contributed by atoms with Crippen LogP contribution in [0.15, 0.2) is 0 Å². The number of halogens is 1. The third-order valence-electron chi connectivity index (χ3n) is 0. The van der Waals surface area contributed by atoms with Crippen molar-refractivity contribution in [2.75, 3.05) is 0 Å². The first-order valence-electron chi connectivity index (χ1n) is 0.454. The molecule has 0 aromatic heterocycles. The molecular formula is HAlFNNaO. The molecule has 0 saturated carbocycles. The van der Waals surface area contributed by atoms with Crippen molar-refractivity contribution in [1.82, 2.24) is 6.15 Å². The second-order valence-electron chi connectivity index (χ2n) is 0.0891. The number of rotatable bonds is 0. The van der Waals surface area contributed by atoms with Gasteiger partial charge in [0.2, 0.25) is 0 Å². The van der Waals surface area contributed by atoms with Gasteiger partial charge in [-0.3, -0.25) is 0 Å². The SMILES string of the molecule is [N].[NaH].[O]=[Al][F]. The molecular weight excluding hydrogens is 99.0 g/mol. The normalized spacial score (nSPS) is 1.80. The molecule has 0 amide bonds. The van der Waals surface area contributed by atoms with E-state index in [1.807, 2.05) is 0 Å². The van der Waals surface area contributed by atoms with Gasteiger partial charge in [0.25, 0.3) is 0 Å². The molecule has 3 radical (unpaired) electrons. The van der Waals surface area contributed by atoms with E-state index in [0.29, 0.717) is 0 Å². The van der Waals surface area contributed by atoms with Crippen molar-refractivity contribution in [1.29, 1.82) is 0 Å². The summed E-state index contributed by atoms with van der Waals surface area (Å²) >= 11 is -2.00. The molecule has 0 N–H and O–H groups in total. The molecule has 5 heavy (non-hydrogen) atoms. The van der Waals surface area contributed by atoms with Gasteiger partial charge in [-0.15, -0.1) is 0 Å². The average molecular weight is 100.0 g/mol. The van der Waals surface area contributed by atoms with E-state index in [9.17, 15) is 3.52 Å². The molecule has 0 fully saturated rings. The van der Waals surface area contributed by atoms with Gasteiger partial charge in [0, 0.05) is 6.15 Å². The Balaban J connectivity index is -0.0000000200. The third-order valence-corrected chi connectivity index (χ3v) is 0. The molecule has 0 rings (SSSR count). The Morgan fingerprint density at radius 1 is 1.60 bits per heavy atom. The van der Waals surface area contributed by atoms with Gasteiger partial charge in [0.15, 0.2) is 0 Å². The first-order chi connectivity index (χ1) is 1.41. The fourth-order valence-electron chi connectivity index (χ4n) is 0. The fraction of sp³-hybridized carbons (Fsp3) is 0. The molecule has 0 aromatic carbocycles. The summed E-state index contributed by atoms with van der Waals surface area (Å²) in [6, 6.07) is 0. The predicted octanol–water partition coefficient (Wildman–Crippen LogP) is -1.21. The van der Waals surface area contributed by atoms with Crippen LogP contribution in [-0.2, 0) is 3.80 Å². The van der Waals surface area contributed by atoms with Gasteiger partial charge in [-0.1, -0.05) is 0 Å². The molecule has 0 spiro atoms. The summed E-state index contributed by atoms with van der Waals surface area (Å²) in [6.45, 7) is 0. The summed E-state index contributed by atoms with van der Waals surface area (Å²) in [6.07, 6.45) is 0. The molecule has 0 aliphatic rings. The summed E-state index contributed by atoms with van der Waals surface area (Å²) in [7, 11) is 0. The standard InChI is InChI=1S/Al.FH.N.Na.O.H/h;1H;;;;/q+1;;;;;/p-1. The molecule has 0 atom stereocenters. The third kappa shape index (κ3) is 36.3. The molecule has 0 aliphatic heterocycles. The number of hydrogen-bond acceptors (Lipinski definition) is 1. The Morgan fingerprint density at radius 3 is 1.60 bits per heavy atom. The van der Waals surface area contributed by atoms with Gasteiger partial charge in [-0.05, 0) is 0 Å². The zero-order valence-electron chi connectivity index (χ0n) is 1.81. The van der Waals surface area contributed by atoms with Gasteiger partial charge < -0.3 is 0 Å². The fourth-order valence-corrected chi connectivity index (χ4v) is 0. The van der Waals surface area contributed by atoms with Crippen LogP contribution in [0.3, 0.4) is 0 Å². The van der Waals surface area contributed by atoms with Crippen molar-refractivity contribution < 1.29 is 7.33 Å². The molecule has 5 heteroatoms. The van der Waals surface area contributed by atoms with Crippen LogP contribution in [0.1, 0.15) is 0 Å². The molecule has 2 nitrogen and oxygen atoms in total. The van der Waals surface area contributed by atoms with E-state index in [1.54, 1.807) is 0 Å². The van der Waals surface area contributed by atoms with Crippen LogP contribution in [0.4, 0.5) is 3.52 Å². The Morgan fingerprint density at radius 2 is 1.60 bits per heavy atom. The Bertz CT molecular complexity index is 19.1. The summed E-state index contributed by atoms with van der Waals surface area (Å²) in [5.41, 5.74) is 0. The second-order valence-corrected chi connectivity index (χ2v) is 0.267. The molecule has 0 saturated heterocycles. The zero-order valence-corrected chi connectivity index (χ0v) is 2.97. The van der Waals surface area contributed by atoms with Gasteiger partial charge in [0.05, 0.1) is 0 Å². The van der Waals surface area contributed by atoms with Crippen LogP contribution in [0.5, 0.6) is 0 Å². The quantitative estimate of drug-likeness (QED) is 0.352. The summed E-state index contributed by atoms with van der Waals surface area (Å²) < 4.78 is 18.2. The van der Waals surface area contributed by atoms with Crippen molar-refractivity contribution in [3.05, 3.63) is 0 Å². The summed E-state index contributed by atoms with van der Waals surface area (Å²) in [5.74, 6) is 0. The van der Waals surface area contributed by atoms with Crippen LogP contribution in [0, 0.1) is 0 Å². The van der Waals surface area contributed by atoms with E-state index >= 15 is 0 Å². The van der Waals surface area contributed by atoms with Crippen LogP contribution < -0.4 is 6.15 Å². The molecule has 0 aromatic rings. The van der Waals surface area contributed by atoms with Crippen molar-refractivity contribution in [3.63, 3.8) is 0 Å². The van der Waals surface area contributed by atoms with Gasteiger partial charge in [-0.2, -0.15) is 0 Å². The van der Waals surface area contributed by atoms with E-state index in [-0.39, 0.29) is 35.7 Å². The van der Waals surface area contributed by atoms with Crippen LogP contribution >= 0.6 is 0 Å². The van der Waals surface area contributed by atoms with E-state index in [0.717, 1.165) is 0 Å². The number of hydrogen-bond donors (Lipinski definition) is 0. The topological polar surface area (TPSA) is 47.6 Å². The summed E-state index contributed by atoms with van der Waals surface area (Å²) in [4.78, 5) is 0. The average Bonchev–Trinajstić information content (AvgIpc) is 0.918. The minimum absolute atomic E-state index is 0.